The van der Waals surface area contributed by atoms with Crippen LogP contribution in [0, 0.1) is 12.1 Å². The molecule has 110 valence electrons. The predicted octanol–water partition coefficient (Wildman–Crippen LogP) is 3.25. The van der Waals surface area contributed by atoms with Crippen LogP contribution in [0.1, 0.15) is 9.67 Å². The number of thiophene rings is 2. The summed E-state index contributed by atoms with van der Waals surface area (Å²) in [6.45, 7) is 0. The Balaban J connectivity index is 0.000000545. The second-order valence-corrected chi connectivity index (χ2v) is 5.74. The van der Waals surface area contributed by atoms with Crippen LogP contribution < -0.4 is 0 Å². The molecule has 0 aliphatic heterocycles. The van der Waals surface area contributed by atoms with Gasteiger partial charge in [-0.3, -0.25) is 4.79 Å². The topological polar surface area (TPSA) is 84.3 Å². The Morgan fingerprint density at radius 2 is 1.86 bits per heavy atom. The van der Waals surface area contributed by atoms with Crippen molar-refractivity contribution in [3.05, 3.63) is 52.7 Å². The molecule has 0 aromatic carbocycles. The average molecular weight is 329 g/mol. The minimum Gasteiger partial charge on any atom is -0.486 e. The first-order chi connectivity index (χ1) is 10.7. The van der Waals surface area contributed by atoms with E-state index in [0.29, 0.717) is 0 Å². The number of carboxylic acid groups (broad SMARTS) is 1. The fourth-order valence-corrected chi connectivity index (χ4v) is 3.00. The standard InChI is InChI=1S/C14H7NO2S2.CO2/c16-14(17)13-7-6-12(19-13)10-4-1-3-9(15-10)11-5-2-8-18-11;2-1-3/h1-4,7-8H,(H,16,17);/q-2;. The molecule has 0 fully saturated rings. The minimum absolute atomic E-state index is 0.250. The van der Waals surface area contributed by atoms with Gasteiger partial charge in [0.25, 0.3) is 5.97 Å². The molecule has 0 saturated carbocycles. The fourth-order valence-electron chi connectivity index (χ4n) is 1.60. The molecule has 0 amide bonds. The van der Waals surface area contributed by atoms with Gasteiger partial charge in [-0.15, -0.1) is 5.38 Å². The molecule has 0 aliphatic carbocycles. The molecular weight excluding hydrogens is 322 g/mol. The van der Waals surface area contributed by atoms with E-state index < -0.39 is 5.97 Å². The van der Waals surface area contributed by atoms with Crippen LogP contribution in [0.4, 0.5) is 0 Å². The molecule has 7 heteroatoms. The zero-order valence-corrected chi connectivity index (χ0v) is 12.5. The summed E-state index contributed by atoms with van der Waals surface area (Å²) in [6.07, 6.45) is 0.250. The first-order valence-electron chi connectivity index (χ1n) is 5.82. The van der Waals surface area contributed by atoms with Crippen molar-refractivity contribution in [2.45, 2.75) is 0 Å². The summed E-state index contributed by atoms with van der Waals surface area (Å²) in [5, 5.41) is 10.9. The normalized spacial score (nSPS) is 9.45. The van der Waals surface area contributed by atoms with Crippen LogP contribution in [0.25, 0.3) is 21.1 Å². The first-order valence-corrected chi connectivity index (χ1v) is 7.52. The third kappa shape index (κ3) is 3.73. The Hall–Kier alpha value is -2.60. The molecule has 0 atom stereocenters. The second kappa shape index (κ2) is 7.42. The Bertz CT molecular complexity index is 803. The van der Waals surface area contributed by atoms with Crippen LogP contribution in [0.15, 0.2) is 35.7 Å². The van der Waals surface area contributed by atoms with Crippen molar-refractivity contribution >= 4 is 34.8 Å². The van der Waals surface area contributed by atoms with Gasteiger partial charge in [0.2, 0.25) is 0 Å². The third-order valence-corrected chi connectivity index (χ3v) is 4.32. The maximum Gasteiger partial charge on any atom is 0.373 e. The number of rotatable bonds is 3. The fraction of sp³-hybridized carbons (Fsp3) is 0. The number of nitrogens with zero attached hydrogens (tertiary/aromatic N) is 1. The number of aromatic nitrogens is 1. The number of carbonyl (C=O) groups is 1. The lowest BCUT2D eigenvalue weighted by molar-refractivity contribution is -0.191. The molecule has 0 radical (unpaired) electrons. The largest absolute Gasteiger partial charge is 0.486 e. The molecule has 0 bridgehead atoms. The highest BCUT2D eigenvalue weighted by molar-refractivity contribution is 7.17. The molecule has 22 heavy (non-hydrogen) atoms. The van der Waals surface area contributed by atoms with E-state index in [1.807, 2.05) is 29.6 Å². The maximum absolute atomic E-state index is 10.9. The van der Waals surface area contributed by atoms with Crippen LogP contribution >= 0.6 is 22.7 Å². The SMILES string of the molecule is O=C(O)c1c[c-]c(-c2cccc(-c3[c-]ccs3)n2)s1.O=C=O. The van der Waals surface area contributed by atoms with Gasteiger partial charge in [-0.25, -0.2) is 22.7 Å². The molecular formula is C15H7NO4S2-2. The van der Waals surface area contributed by atoms with E-state index in [2.05, 4.69) is 17.1 Å². The van der Waals surface area contributed by atoms with Gasteiger partial charge in [0.05, 0.1) is 0 Å². The van der Waals surface area contributed by atoms with Crippen LogP contribution in [-0.4, -0.2) is 22.2 Å². The Labute approximate surface area is 133 Å². The molecule has 0 unspecified atom stereocenters. The molecule has 3 aromatic rings. The van der Waals surface area contributed by atoms with Crippen molar-refractivity contribution < 1.29 is 19.5 Å². The lowest BCUT2D eigenvalue weighted by Crippen LogP contribution is -1.89. The quantitative estimate of drug-likeness (QED) is 0.746. The molecule has 5 nitrogen and oxygen atoms in total. The van der Waals surface area contributed by atoms with E-state index in [9.17, 15) is 4.79 Å². The monoisotopic (exact) mass is 329 g/mol. The van der Waals surface area contributed by atoms with E-state index in [1.54, 1.807) is 11.3 Å². The number of aromatic carboxylic acids is 1. The summed E-state index contributed by atoms with van der Waals surface area (Å²) in [7, 11) is 0. The number of hydrogen-bond donors (Lipinski definition) is 1. The van der Waals surface area contributed by atoms with Crippen LogP contribution in [0.3, 0.4) is 0 Å². The van der Waals surface area contributed by atoms with Gasteiger partial charge in [0.1, 0.15) is 0 Å². The number of carboxylic acids is 1. The lowest BCUT2D eigenvalue weighted by atomic mass is 10.2. The number of carbonyl (C=O) groups excluding carboxylic acids is 2. The summed E-state index contributed by atoms with van der Waals surface area (Å²) in [4.78, 5) is 33.6. The van der Waals surface area contributed by atoms with Gasteiger partial charge in [-0.2, -0.15) is 33.9 Å². The predicted molar refractivity (Wildman–Crippen MR) is 80.5 cm³/mol. The molecule has 3 heterocycles. The van der Waals surface area contributed by atoms with E-state index >= 15 is 0 Å². The van der Waals surface area contributed by atoms with Crippen molar-refractivity contribution in [2.24, 2.45) is 0 Å². The number of pyridine rings is 1. The van der Waals surface area contributed by atoms with Crippen molar-refractivity contribution in [2.75, 3.05) is 0 Å². The zero-order chi connectivity index (χ0) is 15.9. The highest BCUT2D eigenvalue weighted by Crippen LogP contribution is 2.29. The number of hydrogen-bond acceptors (Lipinski definition) is 6. The maximum atomic E-state index is 10.9. The summed E-state index contributed by atoms with van der Waals surface area (Å²) in [6, 6.07) is 15.1. The molecule has 0 saturated heterocycles. The Morgan fingerprint density at radius 3 is 2.41 bits per heavy atom. The van der Waals surface area contributed by atoms with Crippen molar-refractivity contribution in [3.63, 3.8) is 0 Å². The van der Waals surface area contributed by atoms with Crippen molar-refractivity contribution in [1.82, 2.24) is 4.98 Å². The molecule has 1 N–H and O–H groups in total. The van der Waals surface area contributed by atoms with Gasteiger partial charge in [0, 0.05) is 4.88 Å². The summed E-state index contributed by atoms with van der Waals surface area (Å²) >= 11 is 2.75. The Morgan fingerprint density at radius 1 is 1.18 bits per heavy atom. The third-order valence-electron chi connectivity index (χ3n) is 2.44. The van der Waals surface area contributed by atoms with E-state index in [1.165, 1.54) is 17.4 Å². The lowest BCUT2D eigenvalue weighted by Gasteiger charge is -2.11. The van der Waals surface area contributed by atoms with Crippen LogP contribution in [-0.2, 0) is 9.59 Å². The van der Waals surface area contributed by atoms with Gasteiger partial charge >= 0.3 is 6.15 Å². The smallest absolute Gasteiger partial charge is 0.373 e. The highest BCUT2D eigenvalue weighted by atomic mass is 32.1. The summed E-state index contributed by atoms with van der Waals surface area (Å²) in [5.41, 5.74) is 1.57. The van der Waals surface area contributed by atoms with Gasteiger partial charge < -0.3 is 10.1 Å². The summed E-state index contributed by atoms with van der Waals surface area (Å²) < 4.78 is 0. The molecule has 3 aromatic heterocycles. The first kappa shape index (κ1) is 15.8. The highest BCUT2D eigenvalue weighted by Gasteiger charge is 2.00. The van der Waals surface area contributed by atoms with Crippen molar-refractivity contribution in [1.29, 1.82) is 0 Å². The average Bonchev–Trinajstić information content (AvgIpc) is 3.20. The van der Waals surface area contributed by atoms with E-state index in [4.69, 9.17) is 14.7 Å². The second-order valence-electron chi connectivity index (χ2n) is 3.77. The molecule has 0 spiro atoms. The van der Waals surface area contributed by atoms with Gasteiger partial charge in [0.15, 0.2) is 0 Å². The molecule has 3 rings (SSSR count). The zero-order valence-electron chi connectivity index (χ0n) is 10.9. The molecule has 0 aliphatic rings. The van der Waals surface area contributed by atoms with Crippen LogP contribution in [0.2, 0.25) is 0 Å². The summed E-state index contributed by atoms with van der Waals surface area (Å²) in [5.74, 6) is -0.935. The van der Waals surface area contributed by atoms with Gasteiger partial charge in [-0.05, 0) is 11.4 Å². The van der Waals surface area contributed by atoms with Gasteiger partial charge in [-0.1, -0.05) is 28.0 Å². The van der Waals surface area contributed by atoms with Crippen molar-refractivity contribution in [3.8, 4) is 21.1 Å². The van der Waals surface area contributed by atoms with E-state index in [-0.39, 0.29) is 11.0 Å². The van der Waals surface area contributed by atoms with Crippen LogP contribution in [0.5, 0.6) is 0 Å². The minimum atomic E-state index is -0.935. The van der Waals surface area contributed by atoms with E-state index in [0.717, 1.165) is 21.1 Å². The Kier molecular flexibility index (Phi) is 5.32.